The van der Waals surface area contributed by atoms with Crippen molar-refractivity contribution >= 4 is 40.6 Å². The largest absolute Gasteiger partial charge is 0.442 e. The summed E-state index contributed by atoms with van der Waals surface area (Å²) in [6.45, 7) is -0.307. The molecular weight excluding hydrogens is 510 g/mol. The molecule has 2 fully saturated rings. The zero-order chi connectivity index (χ0) is 25.8. The highest BCUT2D eigenvalue weighted by Crippen LogP contribution is 2.31. The molecule has 1 atom stereocenters. The Morgan fingerprint density at radius 3 is 2.61 bits per heavy atom. The molecule has 2 aromatic rings. The topological polar surface area (TPSA) is 104 Å². The van der Waals surface area contributed by atoms with Crippen LogP contribution in [0.1, 0.15) is 5.01 Å². The summed E-state index contributed by atoms with van der Waals surface area (Å²) in [7, 11) is 0. The molecule has 3 heterocycles. The van der Waals surface area contributed by atoms with E-state index in [0.717, 1.165) is 22.1 Å². The normalized spacial score (nSPS) is 18.4. The van der Waals surface area contributed by atoms with Gasteiger partial charge in [-0.1, -0.05) is 0 Å². The number of hydrogen-bond acceptors (Lipinski definition) is 8. The number of carbonyl (C=O) groups excluding carboxylic acids is 3. The highest BCUT2D eigenvalue weighted by atomic mass is 32.1. The molecular formula is C21H21F4N5O5S. The van der Waals surface area contributed by atoms with Gasteiger partial charge < -0.3 is 15.0 Å². The number of ether oxygens (including phenoxy) is 1. The third-order valence-electron chi connectivity index (χ3n) is 5.45. The Balaban J connectivity index is 1.40. The number of thiazole rings is 1. The lowest BCUT2D eigenvalue weighted by molar-refractivity contribution is -0.181. The Kier molecular flexibility index (Phi) is 7.88. The van der Waals surface area contributed by atoms with Crippen LogP contribution in [0.5, 0.6) is 0 Å². The molecule has 15 heteroatoms. The average molecular weight is 531 g/mol. The van der Waals surface area contributed by atoms with E-state index in [2.05, 4.69) is 4.98 Å². The van der Waals surface area contributed by atoms with Gasteiger partial charge in [0.1, 0.15) is 16.8 Å². The van der Waals surface area contributed by atoms with Crippen LogP contribution in [-0.2, 0) is 25.6 Å². The standard InChI is InChI=1S/C21H21F4N5O5S/c22-14-7-12(29-11-13(35-21(29)33)10-27-20(32)19(24)25)8-15(23)18(14)28-2-3-30(34-5-4-28)17(31)9-16-26-1-6-36-16/h1,6-8,13,19H,2-5,9-11H2,(H,27,32). The number of nitrogens with zero attached hydrogens (tertiary/aromatic N) is 4. The maximum absolute atomic E-state index is 15.0. The molecule has 0 bridgehead atoms. The Bertz CT molecular complexity index is 1100. The van der Waals surface area contributed by atoms with Crippen molar-refractivity contribution in [1.29, 1.82) is 0 Å². The second-order valence-corrected chi connectivity index (χ2v) is 8.82. The van der Waals surface area contributed by atoms with Crippen LogP contribution < -0.4 is 15.1 Å². The van der Waals surface area contributed by atoms with Gasteiger partial charge in [0.25, 0.3) is 11.8 Å². The summed E-state index contributed by atoms with van der Waals surface area (Å²) >= 11 is 1.33. The molecule has 1 unspecified atom stereocenters. The number of amides is 3. The van der Waals surface area contributed by atoms with E-state index in [1.807, 2.05) is 5.32 Å². The first-order chi connectivity index (χ1) is 17.2. The van der Waals surface area contributed by atoms with E-state index >= 15 is 8.78 Å². The summed E-state index contributed by atoms with van der Waals surface area (Å²) in [6, 6.07) is 1.91. The quantitative estimate of drug-likeness (QED) is 0.545. The van der Waals surface area contributed by atoms with E-state index in [-0.39, 0.29) is 63.0 Å². The van der Waals surface area contributed by atoms with Crippen molar-refractivity contribution in [3.05, 3.63) is 40.4 Å². The number of nitrogens with one attached hydrogen (secondary N) is 1. The number of benzene rings is 1. The van der Waals surface area contributed by atoms with Gasteiger partial charge in [-0.05, 0) is 0 Å². The van der Waals surface area contributed by atoms with Crippen LogP contribution in [0, 0.1) is 11.6 Å². The van der Waals surface area contributed by atoms with Crippen LogP contribution in [0.15, 0.2) is 23.7 Å². The minimum absolute atomic E-state index is 0.00864. The third-order valence-corrected chi connectivity index (χ3v) is 6.23. The average Bonchev–Trinajstić information content (AvgIpc) is 3.40. The van der Waals surface area contributed by atoms with Gasteiger partial charge in [-0.25, -0.2) is 23.6 Å². The van der Waals surface area contributed by atoms with E-state index < -0.39 is 36.2 Å². The molecule has 0 spiro atoms. The minimum Gasteiger partial charge on any atom is -0.442 e. The predicted octanol–water partition coefficient (Wildman–Crippen LogP) is 1.95. The Morgan fingerprint density at radius 2 is 1.94 bits per heavy atom. The number of alkyl halides is 2. The number of rotatable bonds is 7. The number of cyclic esters (lactones) is 1. The van der Waals surface area contributed by atoms with Crippen molar-refractivity contribution in [2.75, 3.05) is 49.1 Å². The molecule has 1 aromatic carbocycles. The minimum atomic E-state index is -3.22. The van der Waals surface area contributed by atoms with Gasteiger partial charge in [-0.3, -0.25) is 19.3 Å². The zero-order valence-corrected chi connectivity index (χ0v) is 19.5. The van der Waals surface area contributed by atoms with Gasteiger partial charge in [0, 0.05) is 36.8 Å². The van der Waals surface area contributed by atoms with Gasteiger partial charge in [0.05, 0.1) is 38.3 Å². The fourth-order valence-electron chi connectivity index (χ4n) is 3.77. The van der Waals surface area contributed by atoms with E-state index in [0.29, 0.717) is 5.01 Å². The summed E-state index contributed by atoms with van der Waals surface area (Å²) in [5, 5.41) is 5.45. The van der Waals surface area contributed by atoms with Gasteiger partial charge in [0.2, 0.25) is 0 Å². The molecule has 0 radical (unpaired) electrons. The lowest BCUT2D eigenvalue weighted by Crippen LogP contribution is -2.37. The van der Waals surface area contributed by atoms with E-state index in [4.69, 9.17) is 9.57 Å². The second-order valence-electron chi connectivity index (χ2n) is 7.84. The molecule has 1 N–H and O–H groups in total. The van der Waals surface area contributed by atoms with Crippen LogP contribution in [0.25, 0.3) is 0 Å². The van der Waals surface area contributed by atoms with E-state index in [9.17, 15) is 23.2 Å². The van der Waals surface area contributed by atoms with E-state index in [1.54, 1.807) is 11.6 Å². The van der Waals surface area contributed by atoms with Crippen molar-refractivity contribution in [3.63, 3.8) is 0 Å². The maximum atomic E-state index is 15.0. The lowest BCUT2D eigenvalue weighted by atomic mass is 10.2. The highest BCUT2D eigenvalue weighted by molar-refractivity contribution is 7.09. The molecule has 0 saturated carbocycles. The first kappa shape index (κ1) is 25.6. The molecule has 2 aliphatic rings. The van der Waals surface area contributed by atoms with Crippen molar-refractivity contribution in [1.82, 2.24) is 15.4 Å². The maximum Gasteiger partial charge on any atom is 0.414 e. The molecule has 3 amide bonds. The summed E-state index contributed by atoms with van der Waals surface area (Å²) in [5.41, 5.74) is -0.474. The van der Waals surface area contributed by atoms with Crippen LogP contribution in [-0.4, -0.2) is 79.8 Å². The summed E-state index contributed by atoms with van der Waals surface area (Å²) in [4.78, 5) is 47.5. The Morgan fingerprint density at radius 1 is 1.19 bits per heavy atom. The third kappa shape index (κ3) is 5.84. The van der Waals surface area contributed by atoms with Gasteiger partial charge in [-0.15, -0.1) is 11.3 Å². The number of anilines is 2. The fourth-order valence-corrected chi connectivity index (χ4v) is 4.37. The molecule has 2 saturated heterocycles. The number of aromatic nitrogens is 1. The fraction of sp³-hybridized carbons (Fsp3) is 0.429. The zero-order valence-electron chi connectivity index (χ0n) is 18.7. The highest BCUT2D eigenvalue weighted by Gasteiger charge is 2.34. The molecule has 0 aliphatic carbocycles. The van der Waals surface area contributed by atoms with Crippen LogP contribution in [0.4, 0.5) is 33.7 Å². The molecule has 2 aliphatic heterocycles. The smallest absolute Gasteiger partial charge is 0.414 e. The monoisotopic (exact) mass is 531 g/mol. The van der Waals surface area contributed by atoms with Crippen molar-refractivity contribution < 1.29 is 41.5 Å². The van der Waals surface area contributed by atoms with Gasteiger partial charge in [0.15, 0.2) is 11.6 Å². The van der Waals surface area contributed by atoms with Gasteiger partial charge in [-0.2, -0.15) is 8.78 Å². The van der Waals surface area contributed by atoms with Crippen LogP contribution in [0.2, 0.25) is 0 Å². The molecule has 10 nitrogen and oxygen atoms in total. The predicted molar refractivity (Wildman–Crippen MR) is 119 cm³/mol. The van der Waals surface area contributed by atoms with Crippen molar-refractivity contribution in [2.45, 2.75) is 19.0 Å². The first-order valence-electron chi connectivity index (χ1n) is 10.8. The van der Waals surface area contributed by atoms with Crippen molar-refractivity contribution in [3.8, 4) is 0 Å². The molecule has 1 aromatic heterocycles. The summed E-state index contributed by atoms with van der Waals surface area (Å²) in [5.74, 6) is -3.74. The molecule has 4 rings (SSSR count). The Labute approximate surface area is 206 Å². The van der Waals surface area contributed by atoms with Gasteiger partial charge >= 0.3 is 12.5 Å². The number of hydroxylamine groups is 2. The second kappa shape index (κ2) is 11.1. The van der Waals surface area contributed by atoms with E-state index in [1.165, 1.54) is 16.2 Å². The summed E-state index contributed by atoms with van der Waals surface area (Å²) in [6.07, 6.45) is -3.49. The Hall–Kier alpha value is -3.46. The first-order valence-corrected chi connectivity index (χ1v) is 11.7. The lowest BCUT2D eigenvalue weighted by Gasteiger charge is -2.24. The number of carbonyl (C=O) groups is 3. The number of halogens is 4. The SMILES string of the molecule is O=C(NCC1CN(c2cc(F)c(N3CCON(C(=O)Cc4nccs4)CC3)c(F)c2)C(=O)O1)C(F)F. The molecule has 36 heavy (non-hydrogen) atoms. The van der Waals surface area contributed by atoms with Crippen molar-refractivity contribution in [2.24, 2.45) is 0 Å². The number of hydrogen-bond donors (Lipinski definition) is 1. The molecule has 194 valence electrons. The summed E-state index contributed by atoms with van der Waals surface area (Å²) < 4.78 is 59.7. The van der Waals surface area contributed by atoms with Crippen LogP contribution >= 0.6 is 11.3 Å². The van der Waals surface area contributed by atoms with Crippen LogP contribution in [0.3, 0.4) is 0 Å².